The van der Waals surface area contributed by atoms with Gasteiger partial charge in [-0.15, -0.1) is 0 Å². The molecule has 1 unspecified atom stereocenters. The second-order valence-electron chi connectivity index (χ2n) is 7.64. The Morgan fingerprint density at radius 3 is 1.76 bits per heavy atom. The van der Waals surface area contributed by atoms with Gasteiger partial charge in [0.05, 0.1) is 6.10 Å². The average molecular weight is 258 g/mol. The number of carbonyl (C=O) groups is 1. The third-order valence-electron chi connectivity index (χ3n) is 3.68. The predicted octanol–water partition coefficient (Wildman–Crippen LogP) is 4.40. The second-order valence-corrected chi connectivity index (χ2v) is 12.4. The SMILES string of the molecule is CC(=O)CC(O[Si](C)(C)C(C)(C)C)C(C)(C)C. The minimum Gasteiger partial charge on any atom is -0.413 e. The average Bonchev–Trinajstić information content (AvgIpc) is 1.97. The van der Waals surface area contributed by atoms with E-state index < -0.39 is 8.32 Å². The van der Waals surface area contributed by atoms with Crippen molar-refractivity contribution in [2.75, 3.05) is 0 Å². The molecule has 0 rings (SSSR count). The van der Waals surface area contributed by atoms with Crippen molar-refractivity contribution in [1.82, 2.24) is 0 Å². The van der Waals surface area contributed by atoms with E-state index in [1.807, 2.05) is 0 Å². The molecule has 0 fully saturated rings. The largest absolute Gasteiger partial charge is 0.413 e. The van der Waals surface area contributed by atoms with Gasteiger partial charge < -0.3 is 4.43 Å². The molecule has 0 saturated heterocycles. The predicted molar refractivity (Wildman–Crippen MR) is 76.8 cm³/mol. The Morgan fingerprint density at radius 1 is 1.12 bits per heavy atom. The van der Waals surface area contributed by atoms with Crippen molar-refractivity contribution < 1.29 is 9.22 Å². The molecule has 0 saturated carbocycles. The van der Waals surface area contributed by atoms with Gasteiger partial charge in [-0.2, -0.15) is 0 Å². The maximum atomic E-state index is 11.4. The summed E-state index contributed by atoms with van der Waals surface area (Å²) in [7, 11) is -1.80. The van der Waals surface area contributed by atoms with Gasteiger partial charge in [0.25, 0.3) is 0 Å². The lowest BCUT2D eigenvalue weighted by atomic mass is 9.86. The monoisotopic (exact) mass is 258 g/mol. The Balaban J connectivity index is 4.94. The zero-order chi connectivity index (χ0) is 14.1. The van der Waals surface area contributed by atoms with Crippen LogP contribution in [0.4, 0.5) is 0 Å². The van der Waals surface area contributed by atoms with Gasteiger partial charge in [-0.3, -0.25) is 4.79 Å². The van der Waals surface area contributed by atoms with Crippen molar-refractivity contribution in [3.63, 3.8) is 0 Å². The molecule has 2 nitrogen and oxygen atoms in total. The van der Waals surface area contributed by atoms with Crippen LogP contribution in [0.25, 0.3) is 0 Å². The maximum Gasteiger partial charge on any atom is 0.192 e. The fourth-order valence-electron chi connectivity index (χ4n) is 1.32. The molecule has 0 amide bonds. The number of ketones is 1. The summed E-state index contributed by atoms with van der Waals surface area (Å²) in [4.78, 5) is 11.4. The molecule has 3 heteroatoms. The molecule has 0 N–H and O–H groups in total. The highest BCUT2D eigenvalue weighted by molar-refractivity contribution is 6.74. The quantitative estimate of drug-likeness (QED) is 0.699. The van der Waals surface area contributed by atoms with E-state index in [2.05, 4.69) is 54.6 Å². The van der Waals surface area contributed by atoms with E-state index in [0.29, 0.717) is 6.42 Å². The van der Waals surface area contributed by atoms with E-state index in [4.69, 9.17) is 4.43 Å². The van der Waals surface area contributed by atoms with Crippen LogP contribution in [0.5, 0.6) is 0 Å². The number of hydrogen-bond donors (Lipinski definition) is 0. The highest BCUT2D eigenvalue weighted by Crippen LogP contribution is 2.40. The third-order valence-corrected chi connectivity index (χ3v) is 8.17. The van der Waals surface area contributed by atoms with Crippen molar-refractivity contribution in [3.8, 4) is 0 Å². The molecule has 0 radical (unpaired) electrons. The first-order valence-corrected chi connectivity index (χ1v) is 9.35. The first kappa shape index (κ1) is 16.8. The van der Waals surface area contributed by atoms with Crippen LogP contribution in [-0.4, -0.2) is 20.2 Å². The van der Waals surface area contributed by atoms with E-state index in [9.17, 15) is 4.79 Å². The summed E-state index contributed by atoms with van der Waals surface area (Å²) in [5, 5.41) is 0.188. The molecule has 0 aromatic heterocycles. The molecular formula is C14H30O2Si. The van der Waals surface area contributed by atoms with Crippen molar-refractivity contribution in [3.05, 3.63) is 0 Å². The topological polar surface area (TPSA) is 26.3 Å². The second kappa shape index (κ2) is 5.23. The van der Waals surface area contributed by atoms with E-state index in [-0.39, 0.29) is 22.3 Å². The van der Waals surface area contributed by atoms with Gasteiger partial charge in [0.2, 0.25) is 0 Å². The summed E-state index contributed by atoms with van der Waals surface area (Å²) in [5.74, 6) is 0.212. The van der Waals surface area contributed by atoms with Crippen LogP contribution in [-0.2, 0) is 9.22 Å². The summed E-state index contributed by atoms with van der Waals surface area (Å²) in [5.41, 5.74) is 0.0151. The first-order valence-electron chi connectivity index (χ1n) is 6.44. The summed E-state index contributed by atoms with van der Waals surface area (Å²) in [6.45, 7) is 19.3. The molecule has 0 heterocycles. The zero-order valence-corrected chi connectivity index (χ0v) is 14.1. The Labute approximate surface area is 108 Å². The Kier molecular flexibility index (Phi) is 5.18. The zero-order valence-electron chi connectivity index (χ0n) is 13.1. The number of carbonyl (C=O) groups excluding carboxylic acids is 1. The number of hydrogen-bond acceptors (Lipinski definition) is 2. The van der Waals surface area contributed by atoms with Gasteiger partial charge >= 0.3 is 0 Å². The molecule has 0 aliphatic heterocycles. The molecule has 0 aromatic carbocycles. The lowest BCUT2D eigenvalue weighted by Crippen LogP contribution is -2.47. The number of Topliss-reactive ketones (excluding diaryl/α,β-unsaturated/α-hetero) is 1. The molecular weight excluding hydrogens is 228 g/mol. The Bertz CT molecular complexity index is 269. The van der Waals surface area contributed by atoms with Crippen LogP contribution in [0, 0.1) is 5.41 Å². The lowest BCUT2D eigenvalue weighted by molar-refractivity contribution is -0.120. The van der Waals surface area contributed by atoms with E-state index in [1.165, 1.54) is 0 Å². The summed E-state index contributed by atoms with van der Waals surface area (Å²) < 4.78 is 6.40. The third kappa shape index (κ3) is 5.34. The van der Waals surface area contributed by atoms with E-state index in [1.54, 1.807) is 6.92 Å². The first-order chi connectivity index (χ1) is 7.27. The van der Waals surface area contributed by atoms with E-state index in [0.717, 1.165) is 0 Å². The highest BCUT2D eigenvalue weighted by atomic mass is 28.4. The molecule has 0 aliphatic carbocycles. The van der Waals surface area contributed by atoms with Crippen molar-refractivity contribution in [2.45, 2.75) is 79.1 Å². The smallest absolute Gasteiger partial charge is 0.192 e. The van der Waals surface area contributed by atoms with Crippen LogP contribution in [0.15, 0.2) is 0 Å². The maximum absolute atomic E-state index is 11.4. The van der Waals surface area contributed by atoms with Gasteiger partial charge in [-0.1, -0.05) is 41.5 Å². The molecule has 1 atom stereocenters. The fourth-order valence-corrected chi connectivity index (χ4v) is 2.82. The minimum absolute atomic E-state index is 0.0151. The van der Waals surface area contributed by atoms with Crippen LogP contribution in [0.2, 0.25) is 18.1 Å². The van der Waals surface area contributed by atoms with E-state index >= 15 is 0 Å². The Morgan fingerprint density at radius 2 is 1.53 bits per heavy atom. The summed E-state index contributed by atoms with van der Waals surface area (Å²) in [6.07, 6.45) is 0.552. The summed E-state index contributed by atoms with van der Waals surface area (Å²) >= 11 is 0. The molecule has 0 spiro atoms. The standard InChI is InChI=1S/C14H30O2Si/c1-11(15)10-12(13(2,3)4)16-17(8,9)14(5,6)7/h12H,10H2,1-9H3. The molecule has 102 valence electrons. The van der Waals surface area contributed by atoms with Crippen molar-refractivity contribution in [2.24, 2.45) is 5.41 Å². The van der Waals surface area contributed by atoms with Gasteiger partial charge in [0.1, 0.15) is 5.78 Å². The lowest BCUT2D eigenvalue weighted by Gasteiger charge is -2.43. The van der Waals surface area contributed by atoms with Crippen molar-refractivity contribution >= 4 is 14.1 Å². The van der Waals surface area contributed by atoms with Crippen LogP contribution in [0.3, 0.4) is 0 Å². The molecule has 0 aliphatic rings. The fraction of sp³-hybridized carbons (Fsp3) is 0.929. The summed E-state index contributed by atoms with van der Waals surface area (Å²) in [6, 6.07) is 0. The van der Waals surface area contributed by atoms with Crippen LogP contribution in [0.1, 0.15) is 54.9 Å². The normalized spacial score (nSPS) is 15.8. The van der Waals surface area contributed by atoms with Gasteiger partial charge in [0.15, 0.2) is 8.32 Å². The molecule has 17 heavy (non-hydrogen) atoms. The Hall–Kier alpha value is -0.153. The minimum atomic E-state index is -1.80. The highest BCUT2D eigenvalue weighted by Gasteiger charge is 2.41. The molecule has 0 aromatic rings. The van der Waals surface area contributed by atoms with Crippen LogP contribution < -0.4 is 0 Å². The van der Waals surface area contributed by atoms with Gasteiger partial charge in [0, 0.05) is 6.42 Å². The van der Waals surface area contributed by atoms with Gasteiger partial charge in [-0.25, -0.2) is 0 Å². The van der Waals surface area contributed by atoms with Gasteiger partial charge in [-0.05, 0) is 30.5 Å². The number of rotatable bonds is 4. The van der Waals surface area contributed by atoms with Crippen LogP contribution >= 0.6 is 0 Å². The van der Waals surface area contributed by atoms with Crippen molar-refractivity contribution in [1.29, 1.82) is 0 Å². The molecule has 0 bridgehead atoms.